The quantitative estimate of drug-likeness (QED) is 0.904. The normalized spacial score (nSPS) is 11.6. The van der Waals surface area contributed by atoms with Crippen LogP contribution in [-0.4, -0.2) is 22.8 Å². The predicted octanol–water partition coefficient (Wildman–Crippen LogP) is 3.57. The zero-order valence-electron chi connectivity index (χ0n) is 10.7. The summed E-state index contributed by atoms with van der Waals surface area (Å²) in [4.78, 5) is 8.10. The van der Waals surface area contributed by atoms with Gasteiger partial charge in [0.1, 0.15) is 19.0 Å². The molecule has 21 heavy (non-hydrogen) atoms. The van der Waals surface area contributed by atoms with Crippen molar-refractivity contribution in [3.05, 3.63) is 40.6 Å². The molecule has 2 aromatic rings. The van der Waals surface area contributed by atoms with Gasteiger partial charge in [0.05, 0.1) is 10.2 Å². The number of nitrogen functional groups attached to an aromatic ring is 1. The van der Waals surface area contributed by atoms with Gasteiger partial charge in [-0.25, -0.2) is 9.97 Å². The summed E-state index contributed by atoms with van der Waals surface area (Å²) in [6, 6.07) is 9.11. The zero-order chi connectivity index (χ0) is 15.5. The summed E-state index contributed by atoms with van der Waals surface area (Å²) in [6.45, 7) is -1.72. The molecule has 4 nitrogen and oxygen atoms in total. The first-order chi connectivity index (χ1) is 9.87. The Kier molecular flexibility index (Phi) is 4.79. The topological polar surface area (TPSA) is 61.0 Å². The van der Waals surface area contributed by atoms with Crippen LogP contribution in [0.2, 0.25) is 0 Å². The molecule has 0 saturated heterocycles. The van der Waals surface area contributed by atoms with Crippen LogP contribution >= 0.6 is 15.9 Å². The second-order valence-corrected chi connectivity index (χ2v) is 4.95. The molecule has 0 unspecified atom stereocenters. The molecule has 0 fully saturated rings. The predicted molar refractivity (Wildman–Crippen MR) is 75.3 cm³/mol. The number of ether oxygens (including phenoxy) is 1. The SMILES string of the molecule is Nc1nc(COCC(F)(F)F)nc(-c2ccccc2)c1Br. The first kappa shape index (κ1) is 15.7. The van der Waals surface area contributed by atoms with Crippen molar-refractivity contribution < 1.29 is 17.9 Å². The maximum atomic E-state index is 12.0. The highest BCUT2D eigenvalue weighted by Crippen LogP contribution is 2.30. The number of halogens is 4. The third kappa shape index (κ3) is 4.40. The van der Waals surface area contributed by atoms with Crippen LogP contribution in [0.25, 0.3) is 11.3 Å². The van der Waals surface area contributed by atoms with Crippen molar-refractivity contribution in [3.8, 4) is 11.3 Å². The first-order valence-electron chi connectivity index (χ1n) is 5.88. The molecule has 1 heterocycles. The van der Waals surface area contributed by atoms with Crippen LogP contribution in [0.3, 0.4) is 0 Å². The van der Waals surface area contributed by atoms with Crippen LogP contribution in [0.5, 0.6) is 0 Å². The summed E-state index contributed by atoms with van der Waals surface area (Å²) in [5, 5.41) is 0. The molecule has 0 spiro atoms. The second-order valence-electron chi connectivity index (χ2n) is 4.16. The third-order valence-corrected chi connectivity index (χ3v) is 3.25. The van der Waals surface area contributed by atoms with Gasteiger partial charge < -0.3 is 10.5 Å². The molecule has 8 heteroatoms. The van der Waals surface area contributed by atoms with Crippen LogP contribution < -0.4 is 5.73 Å². The lowest BCUT2D eigenvalue weighted by atomic mass is 10.1. The van der Waals surface area contributed by atoms with E-state index in [1.165, 1.54) is 0 Å². The van der Waals surface area contributed by atoms with E-state index in [4.69, 9.17) is 5.73 Å². The number of nitrogens with zero attached hydrogens (tertiary/aromatic N) is 2. The lowest BCUT2D eigenvalue weighted by molar-refractivity contribution is -0.177. The van der Waals surface area contributed by atoms with Gasteiger partial charge in [0, 0.05) is 5.56 Å². The molecule has 0 aliphatic heterocycles. The van der Waals surface area contributed by atoms with Crippen molar-refractivity contribution in [1.82, 2.24) is 9.97 Å². The van der Waals surface area contributed by atoms with Gasteiger partial charge in [0.15, 0.2) is 5.82 Å². The van der Waals surface area contributed by atoms with Crippen molar-refractivity contribution >= 4 is 21.7 Å². The van der Waals surface area contributed by atoms with Gasteiger partial charge in [-0.3, -0.25) is 0 Å². The maximum Gasteiger partial charge on any atom is 0.411 e. The Bertz CT molecular complexity index is 620. The van der Waals surface area contributed by atoms with Crippen molar-refractivity contribution in [3.63, 3.8) is 0 Å². The fourth-order valence-electron chi connectivity index (χ4n) is 1.62. The number of hydrogen-bond acceptors (Lipinski definition) is 4. The summed E-state index contributed by atoms with van der Waals surface area (Å²) >= 11 is 3.28. The van der Waals surface area contributed by atoms with Gasteiger partial charge in [-0.1, -0.05) is 30.3 Å². The number of hydrogen-bond donors (Lipinski definition) is 1. The highest BCUT2D eigenvalue weighted by molar-refractivity contribution is 9.10. The summed E-state index contributed by atoms with van der Waals surface area (Å²) in [5.41, 5.74) is 7.02. The minimum Gasteiger partial charge on any atom is -0.383 e. The van der Waals surface area contributed by atoms with Crippen molar-refractivity contribution in [2.45, 2.75) is 12.8 Å². The van der Waals surface area contributed by atoms with Crippen LogP contribution in [0.1, 0.15) is 5.82 Å². The molecule has 2 N–H and O–H groups in total. The van der Waals surface area contributed by atoms with E-state index in [-0.39, 0.29) is 18.2 Å². The number of benzene rings is 1. The van der Waals surface area contributed by atoms with E-state index in [1.54, 1.807) is 0 Å². The first-order valence-corrected chi connectivity index (χ1v) is 6.68. The molecule has 0 radical (unpaired) electrons. The molecule has 0 bridgehead atoms. The Morgan fingerprint density at radius 1 is 1.14 bits per heavy atom. The van der Waals surface area contributed by atoms with E-state index in [2.05, 4.69) is 30.6 Å². The lowest BCUT2D eigenvalue weighted by Crippen LogP contribution is -2.17. The summed E-state index contributed by atoms with van der Waals surface area (Å²) in [7, 11) is 0. The lowest BCUT2D eigenvalue weighted by Gasteiger charge is -2.10. The highest BCUT2D eigenvalue weighted by Gasteiger charge is 2.27. The van der Waals surface area contributed by atoms with E-state index < -0.39 is 12.8 Å². The molecule has 0 atom stereocenters. The Balaban J connectivity index is 2.23. The minimum atomic E-state index is -4.39. The van der Waals surface area contributed by atoms with E-state index in [9.17, 15) is 13.2 Å². The van der Waals surface area contributed by atoms with Gasteiger partial charge in [-0.15, -0.1) is 0 Å². The number of alkyl halides is 3. The van der Waals surface area contributed by atoms with Gasteiger partial charge in [-0.2, -0.15) is 13.2 Å². The smallest absolute Gasteiger partial charge is 0.383 e. The summed E-state index contributed by atoms with van der Waals surface area (Å²) in [6.07, 6.45) is -4.39. The van der Waals surface area contributed by atoms with Crippen LogP contribution in [-0.2, 0) is 11.3 Å². The van der Waals surface area contributed by atoms with Crippen molar-refractivity contribution in [1.29, 1.82) is 0 Å². The average Bonchev–Trinajstić information content (AvgIpc) is 2.42. The van der Waals surface area contributed by atoms with Crippen LogP contribution in [0.4, 0.5) is 19.0 Å². The largest absolute Gasteiger partial charge is 0.411 e. The third-order valence-electron chi connectivity index (χ3n) is 2.47. The molecule has 0 aliphatic carbocycles. The molecule has 1 aromatic carbocycles. The molecular weight excluding hydrogens is 351 g/mol. The fourth-order valence-corrected chi connectivity index (χ4v) is 2.03. The monoisotopic (exact) mass is 361 g/mol. The Hall–Kier alpha value is -1.67. The number of anilines is 1. The van der Waals surface area contributed by atoms with Gasteiger partial charge >= 0.3 is 6.18 Å². The molecular formula is C13H11BrF3N3O. The van der Waals surface area contributed by atoms with E-state index in [0.717, 1.165) is 5.56 Å². The zero-order valence-corrected chi connectivity index (χ0v) is 12.3. The van der Waals surface area contributed by atoms with Gasteiger partial charge in [0.25, 0.3) is 0 Å². The second kappa shape index (κ2) is 6.40. The molecule has 2 rings (SSSR count). The van der Waals surface area contributed by atoms with Crippen molar-refractivity contribution in [2.75, 3.05) is 12.3 Å². The molecule has 0 saturated carbocycles. The number of rotatable bonds is 4. The average molecular weight is 362 g/mol. The Labute approximate surface area is 127 Å². The van der Waals surface area contributed by atoms with E-state index in [1.807, 2.05) is 30.3 Å². The number of nitrogens with two attached hydrogens (primary N) is 1. The van der Waals surface area contributed by atoms with Crippen molar-refractivity contribution in [2.24, 2.45) is 0 Å². The molecule has 112 valence electrons. The van der Waals surface area contributed by atoms with Crippen LogP contribution in [0, 0.1) is 0 Å². The molecule has 1 aromatic heterocycles. The Morgan fingerprint density at radius 2 is 1.81 bits per heavy atom. The maximum absolute atomic E-state index is 12.0. The minimum absolute atomic E-state index is 0.0961. The number of aromatic nitrogens is 2. The van der Waals surface area contributed by atoms with Crippen LogP contribution in [0.15, 0.2) is 34.8 Å². The molecule has 0 amide bonds. The van der Waals surface area contributed by atoms with Gasteiger partial charge in [-0.05, 0) is 15.9 Å². The Morgan fingerprint density at radius 3 is 2.43 bits per heavy atom. The van der Waals surface area contributed by atoms with Gasteiger partial charge in [0.2, 0.25) is 0 Å². The molecule has 0 aliphatic rings. The summed E-state index contributed by atoms with van der Waals surface area (Å²) in [5.74, 6) is 0.244. The van der Waals surface area contributed by atoms with E-state index in [0.29, 0.717) is 10.2 Å². The fraction of sp³-hybridized carbons (Fsp3) is 0.231. The standard InChI is InChI=1S/C13H11BrF3N3O/c14-10-11(8-4-2-1-3-5-8)19-9(20-12(10)18)6-21-7-13(15,16)17/h1-5H,6-7H2,(H2,18,19,20). The highest BCUT2D eigenvalue weighted by atomic mass is 79.9. The summed E-state index contributed by atoms with van der Waals surface area (Å²) < 4.78 is 41.2. The van der Waals surface area contributed by atoms with E-state index >= 15 is 0 Å².